The van der Waals surface area contributed by atoms with E-state index in [1.54, 1.807) is 0 Å². The van der Waals surface area contributed by atoms with Crippen LogP contribution >= 0.6 is 0 Å². The first-order valence-electron chi connectivity index (χ1n) is 15.1. The smallest absolute Gasteiger partial charge is 0.328 e. The molecule has 6 aromatic rings. The second-order valence-electron chi connectivity index (χ2n) is 12.2. The van der Waals surface area contributed by atoms with Crippen molar-refractivity contribution in [2.24, 2.45) is 0 Å². The average molecular weight is 553 g/mol. The Morgan fingerprint density at radius 2 is 0.884 bits per heavy atom. The van der Waals surface area contributed by atoms with Crippen molar-refractivity contribution in [3.63, 3.8) is 0 Å². The fourth-order valence-electron chi connectivity index (χ4n) is 7.51. The molecule has 0 fully saturated rings. The summed E-state index contributed by atoms with van der Waals surface area (Å²) < 4.78 is 0. The highest BCUT2D eigenvalue weighted by Crippen LogP contribution is 2.55. The van der Waals surface area contributed by atoms with Crippen molar-refractivity contribution < 1.29 is 0 Å². The second-order valence-corrected chi connectivity index (χ2v) is 12.2. The lowest BCUT2D eigenvalue weighted by atomic mass is 9.40. The minimum Gasteiger partial charge on any atom is -0.373 e. The van der Waals surface area contributed by atoms with Crippen LogP contribution in [0.2, 0.25) is 0 Å². The first-order chi connectivity index (χ1) is 21.1. The van der Waals surface area contributed by atoms with E-state index in [4.69, 9.17) is 0 Å². The van der Waals surface area contributed by atoms with Gasteiger partial charge in [0.2, 0.25) is 0 Å². The first-order valence-corrected chi connectivity index (χ1v) is 15.1. The van der Waals surface area contributed by atoms with Gasteiger partial charge in [0.05, 0.1) is 22.7 Å². The standard InChI is InChI=1S/C40H33BN2/c1-40(2)32-22-10-12-24-34(32)41(35-25-13-11-23-33(35)40)43-38-30(28-16-6-4-7-17-28)20-14-26-36(38)42(3)37-27-15-21-31(39(37)43)29-18-8-5-9-19-29/h4-27H,1-3H3. The normalized spacial score (nSPS) is 14.4. The molecule has 0 radical (unpaired) electrons. The number of benzene rings is 6. The van der Waals surface area contributed by atoms with Crippen LogP contribution < -0.4 is 20.6 Å². The van der Waals surface area contributed by atoms with Gasteiger partial charge in [0.1, 0.15) is 0 Å². The molecule has 0 spiro atoms. The molecule has 2 nitrogen and oxygen atoms in total. The number of para-hydroxylation sites is 2. The average Bonchev–Trinajstić information content (AvgIpc) is 3.06. The highest BCUT2D eigenvalue weighted by atomic mass is 15.2. The molecule has 2 aliphatic rings. The summed E-state index contributed by atoms with van der Waals surface area (Å²) in [6.07, 6.45) is 0. The molecule has 0 N–H and O–H groups in total. The molecular formula is C40H33BN2. The molecule has 8 rings (SSSR count). The van der Waals surface area contributed by atoms with Crippen LogP contribution in [-0.4, -0.2) is 13.9 Å². The van der Waals surface area contributed by atoms with E-state index in [0.29, 0.717) is 0 Å². The lowest BCUT2D eigenvalue weighted by Gasteiger charge is -2.48. The summed E-state index contributed by atoms with van der Waals surface area (Å²) in [5, 5.41) is 0. The first kappa shape index (κ1) is 25.7. The van der Waals surface area contributed by atoms with Crippen molar-refractivity contribution in [1.29, 1.82) is 0 Å². The highest BCUT2D eigenvalue weighted by Gasteiger charge is 2.46. The SMILES string of the molecule is CN1c2cccc(-c3ccccc3)c2N(B2c3ccccc3C(C)(C)c3ccccc32)c2c(-c3ccccc3)cccc21. The van der Waals surface area contributed by atoms with Crippen LogP contribution in [0.15, 0.2) is 146 Å². The van der Waals surface area contributed by atoms with E-state index in [-0.39, 0.29) is 12.3 Å². The summed E-state index contributed by atoms with van der Waals surface area (Å²) in [6.45, 7) is 4.73. The Morgan fingerprint density at radius 1 is 0.465 bits per heavy atom. The van der Waals surface area contributed by atoms with Gasteiger partial charge in [-0.25, -0.2) is 0 Å². The van der Waals surface area contributed by atoms with Crippen molar-refractivity contribution in [1.82, 2.24) is 0 Å². The Kier molecular flexibility index (Phi) is 5.84. The van der Waals surface area contributed by atoms with Crippen LogP contribution in [-0.2, 0) is 5.41 Å². The molecule has 0 saturated heterocycles. The van der Waals surface area contributed by atoms with E-state index in [0.717, 1.165) is 0 Å². The molecule has 3 heteroatoms. The topological polar surface area (TPSA) is 6.48 Å². The van der Waals surface area contributed by atoms with Gasteiger partial charge in [-0.1, -0.05) is 147 Å². The third kappa shape index (κ3) is 3.81. The van der Waals surface area contributed by atoms with Crippen molar-refractivity contribution in [2.75, 3.05) is 16.8 Å². The number of rotatable bonds is 3. The largest absolute Gasteiger partial charge is 0.373 e. The van der Waals surface area contributed by atoms with Gasteiger partial charge in [0.15, 0.2) is 0 Å². The predicted octanol–water partition coefficient (Wildman–Crippen LogP) is 8.69. The summed E-state index contributed by atoms with van der Waals surface area (Å²) in [5.41, 5.74) is 15.2. The van der Waals surface area contributed by atoms with Crippen LogP contribution in [0.5, 0.6) is 0 Å². The Labute approximate surface area is 255 Å². The summed E-state index contributed by atoms with van der Waals surface area (Å²) in [4.78, 5) is 5.05. The molecule has 0 bridgehead atoms. The molecule has 0 unspecified atom stereocenters. The molecule has 6 aromatic carbocycles. The highest BCUT2D eigenvalue weighted by molar-refractivity contribution is 6.90. The minimum absolute atomic E-state index is 0.0126. The summed E-state index contributed by atoms with van der Waals surface area (Å²) in [7, 11) is 2.21. The fourth-order valence-corrected chi connectivity index (χ4v) is 7.51. The number of hydrogen-bond acceptors (Lipinski definition) is 2. The molecule has 2 aliphatic heterocycles. The quantitative estimate of drug-likeness (QED) is 0.203. The van der Waals surface area contributed by atoms with E-state index in [9.17, 15) is 0 Å². The van der Waals surface area contributed by atoms with Crippen LogP contribution in [0, 0.1) is 0 Å². The Morgan fingerprint density at radius 3 is 1.35 bits per heavy atom. The molecule has 43 heavy (non-hydrogen) atoms. The Bertz CT molecular complexity index is 1840. The van der Waals surface area contributed by atoms with Crippen molar-refractivity contribution in [3.8, 4) is 22.3 Å². The maximum absolute atomic E-state index is 2.67. The van der Waals surface area contributed by atoms with Crippen LogP contribution in [0.25, 0.3) is 22.3 Å². The van der Waals surface area contributed by atoms with E-state index in [2.05, 4.69) is 176 Å². The molecule has 0 aliphatic carbocycles. The zero-order valence-electron chi connectivity index (χ0n) is 24.8. The van der Waals surface area contributed by atoms with E-state index in [1.807, 2.05) is 0 Å². The number of nitrogens with zero attached hydrogens (tertiary/aromatic N) is 2. The Balaban J connectivity index is 1.52. The third-order valence-electron chi connectivity index (χ3n) is 9.52. The molecule has 206 valence electrons. The second kappa shape index (κ2) is 9.78. The van der Waals surface area contributed by atoms with Crippen molar-refractivity contribution in [2.45, 2.75) is 19.3 Å². The van der Waals surface area contributed by atoms with E-state index >= 15 is 0 Å². The van der Waals surface area contributed by atoms with Gasteiger partial charge in [-0.2, -0.15) is 0 Å². The minimum atomic E-state index is -0.111. The lowest BCUT2D eigenvalue weighted by Crippen LogP contribution is -2.63. The fraction of sp³-hybridized carbons (Fsp3) is 0.100. The van der Waals surface area contributed by atoms with Gasteiger partial charge >= 0.3 is 6.85 Å². The van der Waals surface area contributed by atoms with Crippen LogP contribution in [0.3, 0.4) is 0 Å². The maximum atomic E-state index is 2.67. The van der Waals surface area contributed by atoms with Crippen LogP contribution in [0.1, 0.15) is 25.0 Å². The number of fused-ring (bicyclic) bond motifs is 4. The van der Waals surface area contributed by atoms with Gasteiger partial charge in [0.25, 0.3) is 0 Å². The number of hydrogen-bond donors (Lipinski definition) is 0. The van der Waals surface area contributed by atoms with E-state index in [1.165, 1.54) is 67.1 Å². The van der Waals surface area contributed by atoms with Gasteiger partial charge < -0.3 is 9.71 Å². The molecular weight excluding hydrogens is 519 g/mol. The van der Waals surface area contributed by atoms with Gasteiger partial charge in [-0.05, 0) is 45.3 Å². The van der Waals surface area contributed by atoms with Gasteiger partial charge in [0, 0.05) is 23.6 Å². The molecule has 0 aromatic heterocycles. The number of anilines is 4. The summed E-state index contributed by atoms with van der Waals surface area (Å²) in [5.74, 6) is 0. The lowest BCUT2D eigenvalue weighted by molar-refractivity contribution is 0.645. The summed E-state index contributed by atoms with van der Waals surface area (Å²) >= 11 is 0. The maximum Gasteiger partial charge on any atom is 0.328 e. The van der Waals surface area contributed by atoms with Gasteiger partial charge in [-0.3, -0.25) is 0 Å². The Hall–Kier alpha value is -5.02. The predicted molar refractivity (Wildman–Crippen MR) is 184 cm³/mol. The van der Waals surface area contributed by atoms with Crippen molar-refractivity contribution >= 4 is 40.5 Å². The molecule has 0 amide bonds. The molecule has 0 saturated carbocycles. The monoisotopic (exact) mass is 552 g/mol. The van der Waals surface area contributed by atoms with Gasteiger partial charge in [-0.15, -0.1) is 0 Å². The zero-order valence-corrected chi connectivity index (χ0v) is 24.8. The molecule has 2 heterocycles. The third-order valence-corrected chi connectivity index (χ3v) is 9.52. The summed E-state index contributed by atoms with van der Waals surface area (Å²) in [6, 6.07) is 53.4. The van der Waals surface area contributed by atoms with Crippen LogP contribution in [0.4, 0.5) is 22.7 Å². The van der Waals surface area contributed by atoms with E-state index < -0.39 is 0 Å². The molecule has 0 atom stereocenters. The zero-order chi connectivity index (χ0) is 29.1. The van der Waals surface area contributed by atoms with Crippen molar-refractivity contribution in [3.05, 3.63) is 157 Å².